The predicted molar refractivity (Wildman–Crippen MR) is 103 cm³/mol. The highest BCUT2D eigenvalue weighted by atomic mass is 16.5. The third-order valence-electron chi connectivity index (χ3n) is 4.67. The van der Waals surface area contributed by atoms with Gasteiger partial charge >= 0.3 is 0 Å². The van der Waals surface area contributed by atoms with Crippen LogP contribution in [-0.4, -0.2) is 26.9 Å². The summed E-state index contributed by atoms with van der Waals surface area (Å²) in [6, 6.07) is 5.07. The average molecular weight is 368 g/mol. The molecule has 3 aromatic rings. The number of rotatable bonds is 3. The normalized spacial score (nSPS) is 14.7. The Kier molecular flexibility index (Phi) is 3.80. The minimum Gasteiger partial charge on any atom is -0.496 e. The third kappa shape index (κ3) is 2.51. The molecule has 140 valence electrons. The van der Waals surface area contributed by atoms with Crippen molar-refractivity contribution >= 4 is 28.0 Å². The van der Waals surface area contributed by atoms with E-state index in [2.05, 4.69) is 0 Å². The minimum absolute atomic E-state index is 0.204. The van der Waals surface area contributed by atoms with Crippen LogP contribution in [0, 0.1) is 0 Å². The van der Waals surface area contributed by atoms with Gasteiger partial charge in [-0.05, 0) is 38.1 Å². The molecule has 0 fully saturated rings. The summed E-state index contributed by atoms with van der Waals surface area (Å²) in [5.41, 5.74) is 0.728. The van der Waals surface area contributed by atoms with E-state index in [4.69, 9.17) is 23.4 Å². The molecule has 0 bridgehead atoms. The van der Waals surface area contributed by atoms with Crippen LogP contribution in [0.3, 0.4) is 0 Å². The lowest BCUT2D eigenvalue weighted by molar-refractivity contribution is 0.158. The van der Waals surface area contributed by atoms with Gasteiger partial charge in [-0.2, -0.15) is 0 Å². The van der Waals surface area contributed by atoms with Crippen molar-refractivity contribution in [1.82, 2.24) is 0 Å². The SMILES string of the molecule is COc1ccc2c(=O)c3c(OC)cc4c(c3oc2c1OC)C=CC(C)(C)O4. The topological polar surface area (TPSA) is 67.1 Å². The number of hydrogen-bond donors (Lipinski definition) is 0. The number of benzene rings is 2. The second-order valence-electron chi connectivity index (χ2n) is 6.84. The maximum Gasteiger partial charge on any atom is 0.204 e. The lowest BCUT2D eigenvalue weighted by atomic mass is 9.99. The Morgan fingerprint density at radius 3 is 2.37 bits per heavy atom. The Bertz CT molecular complexity index is 1150. The molecule has 2 aromatic carbocycles. The first-order valence-electron chi connectivity index (χ1n) is 8.51. The molecule has 1 aliphatic rings. The van der Waals surface area contributed by atoms with Gasteiger partial charge in [-0.25, -0.2) is 0 Å². The lowest BCUT2D eigenvalue weighted by Gasteiger charge is -2.28. The van der Waals surface area contributed by atoms with Crippen molar-refractivity contribution in [2.45, 2.75) is 19.4 Å². The Morgan fingerprint density at radius 1 is 0.963 bits per heavy atom. The number of fused-ring (bicyclic) bond motifs is 4. The second-order valence-corrected chi connectivity index (χ2v) is 6.84. The van der Waals surface area contributed by atoms with E-state index in [1.807, 2.05) is 26.0 Å². The maximum absolute atomic E-state index is 13.2. The van der Waals surface area contributed by atoms with Crippen LogP contribution in [0.2, 0.25) is 0 Å². The quantitative estimate of drug-likeness (QED) is 0.647. The monoisotopic (exact) mass is 368 g/mol. The molecule has 2 heterocycles. The van der Waals surface area contributed by atoms with Gasteiger partial charge in [-0.3, -0.25) is 4.79 Å². The Hall–Kier alpha value is -3.15. The second kappa shape index (κ2) is 5.94. The molecule has 6 heteroatoms. The average Bonchev–Trinajstić information content (AvgIpc) is 2.65. The summed E-state index contributed by atoms with van der Waals surface area (Å²) in [6.07, 6.45) is 3.83. The van der Waals surface area contributed by atoms with Crippen LogP contribution in [0.25, 0.3) is 28.0 Å². The fourth-order valence-corrected chi connectivity index (χ4v) is 3.37. The molecule has 0 radical (unpaired) electrons. The van der Waals surface area contributed by atoms with Crippen molar-refractivity contribution in [3.63, 3.8) is 0 Å². The van der Waals surface area contributed by atoms with E-state index in [1.54, 1.807) is 18.2 Å². The zero-order valence-electron chi connectivity index (χ0n) is 15.8. The van der Waals surface area contributed by atoms with Gasteiger partial charge in [0, 0.05) is 6.07 Å². The first-order chi connectivity index (χ1) is 12.9. The molecule has 0 unspecified atom stereocenters. The van der Waals surface area contributed by atoms with Gasteiger partial charge in [0.25, 0.3) is 0 Å². The lowest BCUT2D eigenvalue weighted by Crippen LogP contribution is -2.27. The fourth-order valence-electron chi connectivity index (χ4n) is 3.37. The molecule has 27 heavy (non-hydrogen) atoms. The molecule has 0 amide bonds. The van der Waals surface area contributed by atoms with Crippen LogP contribution >= 0.6 is 0 Å². The van der Waals surface area contributed by atoms with Gasteiger partial charge in [0.1, 0.15) is 22.5 Å². The van der Waals surface area contributed by atoms with E-state index in [9.17, 15) is 4.79 Å². The summed E-state index contributed by atoms with van der Waals surface area (Å²) in [4.78, 5) is 13.2. The van der Waals surface area contributed by atoms with Gasteiger partial charge in [0.05, 0.1) is 32.3 Å². The summed E-state index contributed by atoms with van der Waals surface area (Å²) in [7, 11) is 4.56. The van der Waals surface area contributed by atoms with Gasteiger partial charge in [-0.1, -0.05) is 0 Å². The zero-order valence-corrected chi connectivity index (χ0v) is 15.8. The molecule has 0 N–H and O–H groups in total. The van der Waals surface area contributed by atoms with Crippen molar-refractivity contribution in [2.75, 3.05) is 21.3 Å². The highest BCUT2D eigenvalue weighted by molar-refractivity contribution is 6.00. The number of methoxy groups -OCH3 is 3. The molecule has 1 aliphatic heterocycles. The van der Waals surface area contributed by atoms with Crippen LogP contribution < -0.4 is 24.4 Å². The molecule has 0 saturated heterocycles. The molecule has 0 spiro atoms. The number of hydrogen-bond acceptors (Lipinski definition) is 6. The Balaban J connectivity index is 2.20. The molecule has 4 rings (SSSR count). The Labute approximate surface area is 155 Å². The minimum atomic E-state index is -0.469. The molecular weight excluding hydrogens is 348 g/mol. The van der Waals surface area contributed by atoms with Crippen LogP contribution in [0.4, 0.5) is 0 Å². The highest BCUT2D eigenvalue weighted by Crippen LogP contribution is 2.43. The van der Waals surface area contributed by atoms with E-state index < -0.39 is 5.60 Å². The predicted octanol–water partition coefficient (Wildman–Crippen LogP) is 4.16. The molecule has 6 nitrogen and oxygen atoms in total. The van der Waals surface area contributed by atoms with E-state index in [0.717, 1.165) is 0 Å². The van der Waals surface area contributed by atoms with Crippen LogP contribution in [0.5, 0.6) is 23.0 Å². The first-order valence-corrected chi connectivity index (χ1v) is 8.51. The van der Waals surface area contributed by atoms with E-state index >= 15 is 0 Å². The fraction of sp³-hybridized carbons (Fsp3) is 0.286. The molecule has 0 saturated carbocycles. The van der Waals surface area contributed by atoms with E-state index in [0.29, 0.717) is 50.5 Å². The van der Waals surface area contributed by atoms with Gasteiger partial charge in [0.15, 0.2) is 16.9 Å². The Morgan fingerprint density at radius 2 is 1.70 bits per heavy atom. The van der Waals surface area contributed by atoms with Crippen LogP contribution in [0.15, 0.2) is 33.5 Å². The summed E-state index contributed by atoms with van der Waals surface area (Å²) >= 11 is 0. The largest absolute Gasteiger partial charge is 0.496 e. The van der Waals surface area contributed by atoms with Crippen molar-refractivity contribution in [2.24, 2.45) is 0 Å². The zero-order chi connectivity index (χ0) is 19.3. The summed E-state index contributed by atoms with van der Waals surface area (Å²) in [6.45, 7) is 3.90. The summed E-state index contributed by atoms with van der Waals surface area (Å²) < 4.78 is 28.5. The van der Waals surface area contributed by atoms with Gasteiger partial charge in [0.2, 0.25) is 11.2 Å². The van der Waals surface area contributed by atoms with E-state index in [-0.39, 0.29) is 5.43 Å². The van der Waals surface area contributed by atoms with Crippen molar-refractivity contribution in [3.8, 4) is 23.0 Å². The first kappa shape index (κ1) is 17.3. The van der Waals surface area contributed by atoms with Gasteiger partial charge in [-0.15, -0.1) is 0 Å². The molecule has 1 aromatic heterocycles. The van der Waals surface area contributed by atoms with Gasteiger partial charge < -0.3 is 23.4 Å². The smallest absolute Gasteiger partial charge is 0.204 e. The number of ether oxygens (including phenoxy) is 4. The molecule has 0 aliphatic carbocycles. The molecular formula is C21H20O6. The van der Waals surface area contributed by atoms with Crippen molar-refractivity contribution < 1.29 is 23.4 Å². The standard InChI is InChI=1S/C21H20O6/c1-21(2)9-8-11-14(27-21)10-15(24-4)16-17(22)12-6-7-13(23-3)20(25-5)19(12)26-18(11)16/h6-10H,1-5H3. The van der Waals surface area contributed by atoms with Crippen molar-refractivity contribution in [1.29, 1.82) is 0 Å². The van der Waals surface area contributed by atoms with Crippen molar-refractivity contribution in [3.05, 3.63) is 40.1 Å². The highest BCUT2D eigenvalue weighted by Gasteiger charge is 2.28. The van der Waals surface area contributed by atoms with E-state index in [1.165, 1.54) is 21.3 Å². The summed E-state index contributed by atoms with van der Waals surface area (Å²) in [5.74, 6) is 1.85. The maximum atomic E-state index is 13.2. The summed E-state index contributed by atoms with van der Waals surface area (Å²) in [5, 5.41) is 0.753. The third-order valence-corrected chi connectivity index (χ3v) is 4.67. The van der Waals surface area contributed by atoms with Crippen LogP contribution in [0.1, 0.15) is 19.4 Å². The van der Waals surface area contributed by atoms with Crippen LogP contribution in [-0.2, 0) is 0 Å². The molecule has 0 atom stereocenters.